The predicted molar refractivity (Wildman–Crippen MR) is 128 cm³/mol. The van der Waals surface area contributed by atoms with Gasteiger partial charge < -0.3 is 4.90 Å². The Morgan fingerprint density at radius 2 is 1.80 bits per heavy atom. The topological polar surface area (TPSA) is 79.6 Å². The summed E-state index contributed by atoms with van der Waals surface area (Å²) >= 11 is 6.84. The van der Waals surface area contributed by atoms with E-state index in [9.17, 15) is 28.1 Å². The molecule has 7 nitrogen and oxygen atoms in total. The van der Waals surface area contributed by atoms with E-state index in [1.165, 1.54) is 5.56 Å². The summed E-state index contributed by atoms with van der Waals surface area (Å²) in [6, 6.07) is 8.91. The Hall–Kier alpha value is -2.76. The zero-order valence-corrected chi connectivity index (χ0v) is 19.9. The van der Waals surface area contributed by atoms with E-state index >= 15 is 0 Å². The number of aromatic nitrogens is 1. The summed E-state index contributed by atoms with van der Waals surface area (Å²) in [7, 11) is 0. The molecule has 1 spiro atoms. The third kappa shape index (κ3) is 4.72. The Bertz CT molecular complexity index is 1350. The number of hydrogen-bond acceptors (Lipinski definition) is 7. The van der Waals surface area contributed by atoms with Crippen LogP contribution < -0.4 is 10.5 Å². The first-order valence-corrected chi connectivity index (χ1v) is 12.1. The van der Waals surface area contributed by atoms with E-state index in [2.05, 4.69) is 9.88 Å². The minimum absolute atomic E-state index is 0.0870. The highest BCUT2D eigenvalue weighted by molar-refractivity contribution is 7.22. The average Bonchev–Trinajstić information content (AvgIpc) is 2.78. The molecule has 0 N–H and O–H groups in total. The van der Waals surface area contributed by atoms with Gasteiger partial charge in [-0.25, -0.2) is 0 Å². The minimum atomic E-state index is -4.81. The van der Waals surface area contributed by atoms with Crippen LogP contribution in [0.5, 0.6) is 0 Å². The van der Waals surface area contributed by atoms with Crippen LogP contribution in [-0.2, 0) is 12.7 Å². The van der Waals surface area contributed by atoms with Crippen LogP contribution in [0.25, 0.3) is 10.1 Å². The molecule has 0 saturated carbocycles. The summed E-state index contributed by atoms with van der Waals surface area (Å²) in [6.07, 6.45) is -3.06. The normalized spacial score (nSPS) is 18.1. The van der Waals surface area contributed by atoms with Crippen LogP contribution in [0, 0.1) is 15.5 Å². The minimum Gasteiger partial charge on any atom is -0.348 e. The van der Waals surface area contributed by atoms with Crippen molar-refractivity contribution in [3.8, 4) is 0 Å². The van der Waals surface area contributed by atoms with Gasteiger partial charge in [-0.3, -0.25) is 19.8 Å². The Morgan fingerprint density at radius 3 is 2.40 bits per heavy atom. The molecule has 0 radical (unpaired) electrons. The lowest BCUT2D eigenvalue weighted by Crippen LogP contribution is -2.59. The van der Waals surface area contributed by atoms with Crippen molar-refractivity contribution in [3.05, 3.63) is 73.0 Å². The zero-order chi connectivity index (χ0) is 25.0. The van der Waals surface area contributed by atoms with Crippen LogP contribution in [0.3, 0.4) is 0 Å². The van der Waals surface area contributed by atoms with Crippen LogP contribution in [0.15, 0.2) is 41.2 Å². The molecule has 2 aliphatic heterocycles. The second-order valence-electron chi connectivity index (χ2n) is 9.19. The lowest BCUT2D eigenvalue weighted by molar-refractivity contribution is -0.383. The molecule has 2 fully saturated rings. The fourth-order valence-corrected chi connectivity index (χ4v) is 6.17. The lowest BCUT2D eigenvalue weighted by atomic mass is 9.72. The van der Waals surface area contributed by atoms with Crippen molar-refractivity contribution in [1.82, 2.24) is 9.88 Å². The molecule has 2 aliphatic rings. The van der Waals surface area contributed by atoms with Gasteiger partial charge in [0.15, 0.2) is 5.13 Å². The van der Waals surface area contributed by atoms with Crippen molar-refractivity contribution in [3.63, 3.8) is 0 Å². The number of fused-ring (bicyclic) bond motifs is 1. The van der Waals surface area contributed by atoms with Gasteiger partial charge in [0.1, 0.15) is 4.70 Å². The highest BCUT2D eigenvalue weighted by atomic mass is 35.5. The van der Waals surface area contributed by atoms with Crippen molar-refractivity contribution in [1.29, 1.82) is 0 Å². The number of nitro groups is 1. The number of non-ortho nitro benzene ring substituents is 1. The third-order valence-corrected chi connectivity index (χ3v) is 8.16. The Labute approximate surface area is 206 Å². The van der Waals surface area contributed by atoms with Gasteiger partial charge in [0.2, 0.25) is 0 Å². The van der Waals surface area contributed by atoms with Crippen LogP contribution in [0.1, 0.15) is 24.0 Å². The number of anilines is 1. The molecule has 0 unspecified atom stereocenters. The largest absolute Gasteiger partial charge is 0.416 e. The highest BCUT2D eigenvalue weighted by Crippen LogP contribution is 2.43. The van der Waals surface area contributed by atoms with Gasteiger partial charge in [0.25, 0.3) is 11.2 Å². The van der Waals surface area contributed by atoms with Crippen LogP contribution >= 0.6 is 22.9 Å². The average molecular weight is 525 g/mol. The van der Waals surface area contributed by atoms with Crippen molar-refractivity contribution in [2.75, 3.05) is 31.1 Å². The van der Waals surface area contributed by atoms with Crippen molar-refractivity contribution in [2.24, 2.45) is 5.41 Å². The van der Waals surface area contributed by atoms with E-state index in [0.29, 0.717) is 35.4 Å². The number of piperidine rings is 1. The zero-order valence-electron chi connectivity index (χ0n) is 18.3. The fourth-order valence-electron chi connectivity index (χ4n) is 4.93. The van der Waals surface area contributed by atoms with Gasteiger partial charge in [-0.05, 0) is 42.0 Å². The van der Waals surface area contributed by atoms with Crippen LogP contribution in [-0.4, -0.2) is 41.0 Å². The van der Waals surface area contributed by atoms with Crippen molar-refractivity contribution >= 4 is 43.8 Å². The van der Waals surface area contributed by atoms with Gasteiger partial charge in [0.05, 0.1) is 15.9 Å². The van der Waals surface area contributed by atoms with E-state index < -0.39 is 27.9 Å². The van der Waals surface area contributed by atoms with Crippen LogP contribution in [0.4, 0.5) is 24.0 Å². The number of nitro benzene ring substituents is 1. The smallest absolute Gasteiger partial charge is 0.348 e. The fraction of sp³-hybridized carbons (Fsp3) is 0.391. The number of rotatable bonds is 4. The van der Waals surface area contributed by atoms with Crippen LogP contribution in [0.2, 0.25) is 5.02 Å². The number of likely N-dealkylation sites (tertiary alicyclic amines) is 1. The first-order valence-electron chi connectivity index (χ1n) is 11.0. The summed E-state index contributed by atoms with van der Waals surface area (Å²) in [6.45, 7) is 4.00. The summed E-state index contributed by atoms with van der Waals surface area (Å²) in [5, 5.41) is 12.1. The molecule has 2 saturated heterocycles. The monoisotopic (exact) mass is 524 g/mol. The van der Waals surface area contributed by atoms with E-state index in [0.717, 1.165) is 43.8 Å². The first-order chi connectivity index (χ1) is 16.5. The molecule has 0 atom stereocenters. The molecule has 1 aromatic heterocycles. The third-order valence-electron chi connectivity index (χ3n) is 6.75. The Morgan fingerprint density at radius 1 is 1.14 bits per heavy atom. The summed E-state index contributed by atoms with van der Waals surface area (Å²) in [5.41, 5.74) is -1.48. The molecule has 0 aliphatic carbocycles. The molecule has 3 aromatic rings. The molecule has 12 heteroatoms. The highest BCUT2D eigenvalue weighted by Gasteiger charge is 2.45. The number of hydrogen-bond donors (Lipinski definition) is 0. The molecule has 2 aromatic carbocycles. The summed E-state index contributed by atoms with van der Waals surface area (Å²) < 4.78 is 39.5. The van der Waals surface area contributed by atoms with E-state index in [1.807, 2.05) is 29.2 Å². The van der Waals surface area contributed by atoms with Gasteiger partial charge in [-0.1, -0.05) is 35.1 Å². The maximum absolute atomic E-state index is 13.2. The van der Waals surface area contributed by atoms with E-state index in [4.69, 9.17) is 11.6 Å². The Kier molecular flexibility index (Phi) is 5.97. The lowest BCUT2D eigenvalue weighted by Gasteiger charge is -2.54. The van der Waals surface area contributed by atoms with Crippen molar-refractivity contribution < 1.29 is 18.1 Å². The van der Waals surface area contributed by atoms with Gasteiger partial charge >= 0.3 is 6.18 Å². The van der Waals surface area contributed by atoms with Gasteiger partial charge in [0, 0.05) is 43.8 Å². The second kappa shape index (κ2) is 8.72. The van der Waals surface area contributed by atoms with E-state index in [1.54, 1.807) is 0 Å². The van der Waals surface area contributed by atoms with Gasteiger partial charge in [-0.15, -0.1) is 0 Å². The SMILES string of the molecule is O=c1nc(N2CCC3(CC2)CN(Cc2ccc(Cl)cc2)C3)sc2c([N+](=O)[O-])cc(C(F)(F)F)cc12. The molecular weight excluding hydrogens is 505 g/mol. The Balaban J connectivity index is 1.31. The van der Waals surface area contributed by atoms with E-state index in [-0.39, 0.29) is 15.5 Å². The first kappa shape index (κ1) is 24.0. The number of alkyl halides is 3. The molecular formula is C23H20ClF3N4O3S. The number of halogens is 4. The molecule has 0 amide bonds. The van der Waals surface area contributed by atoms with Crippen molar-refractivity contribution in [2.45, 2.75) is 25.6 Å². The molecule has 0 bridgehead atoms. The maximum Gasteiger partial charge on any atom is 0.416 e. The standard InChI is InChI=1S/C23H20ClF3N4O3S/c24-16-3-1-14(2-4-16)11-29-12-22(13-29)5-7-30(8-6-22)21-28-20(32)17-9-15(23(25,26)27)10-18(31(33)34)19(17)35-21/h1-4,9-10H,5-8,11-13H2. The number of nitrogens with zero attached hydrogens (tertiary/aromatic N) is 4. The second-order valence-corrected chi connectivity index (χ2v) is 10.6. The molecule has 184 valence electrons. The molecule has 35 heavy (non-hydrogen) atoms. The van der Waals surface area contributed by atoms with Gasteiger partial charge in [-0.2, -0.15) is 18.2 Å². The predicted octanol–water partition coefficient (Wildman–Crippen LogP) is 5.34. The maximum atomic E-state index is 13.2. The summed E-state index contributed by atoms with van der Waals surface area (Å²) in [5.74, 6) is 0. The number of benzene rings is 2. The quantitative estimate of drug-likeness (QED) is 0.338. The molecule has 5 rings (SSSR count). The molecule has 3 heterocycles. The summed E-state index contributed by atoms with van der Waals surface area (Å²) in [4.78, 5) is 31.5.